The van der Waals surface area contributed by atoms with Gasteiger partial charge in [-0.05, 0) is 50.9 Å². The number of nitrogens with zero attached hydrogens (tertiary/aromatic N) is 5. The van der Waals surface area contributed by atoms with Crippen molar-refractivity contribution in [3.63, 3.8) is 0 Å². The summed E-state index contributed by atoms with van der Waals surface area (Å²) in [4.78, 5) is 4.39. The lowest BCUT2D eigenvalue weighted by Crippen LogP contribution is -2.42. The summed E-state index contributed by atoms with van der Waals surface area (Å²) >= 11 is 0. The summed E-state index contributed by atoms with van der Waals surface area (Å²) in [6.07, 6.45) is 5.25. The fourth-order valence-corrected chi connectivity index (χ4v) is 3.14. The second-order valence-corrected chi connectivity index (χ2v) is 4.79. The maximum Gasteiger partial charge on any atom is 0.171 e. The molecule has 0 aliphatic carbocycles. The molecule has 0 unspecified atom stereocenters. The van der Waals surface area contributed by atoms with Gasteiger partial charge in [0.1, 0.15) is 0 Å². The van der Waals surface area contributed by atoms with Crippen molar-refractivity contribution in [3.05, 3.63) is 5.82 Å². The smallest absolute Gasteiger partial charge is 0.171 e. The summed E-state index contributed by atoms with van der Waals surface area (Å²) in [5.41, 5.74) is 0.354. The van der Waals surface area contributed by atoms with Gasteiger partial charge in [-0.3, -0.25) is 4.90 Å². The number of hydrogen-bond donors (Lipinski definition) is 0. The minimum Gasteiger partial charge on any atom is -0.296 e. The zero-order valence-corrected chi connectivity index (χ0v) is 9.19. The van der Waals surface area contributed by atoms with E-state index in [1.807, 2.05) is 6.92 Å². The molecule has 1 aromatic heterocycles. The van der Waals surface area contributed by atoms with Crippen molar-refractivity contribution in [1.29, 1.82) is 0 Å². The molecule has 0 spiro atoms. The van der Waals surface area contributed by atoms with Crippen molar-refractivity contribution in [2.45, 2.75) is 44.7 Å². The van der Waals surface area contributed by atoms with Crippen LogP contribution in [-0.4, -0.2) is 43.7 Å². The third-order valence-electron chi connectivity index (χ3n) is 3.80. The molecule has 0 saturated carbocycles. The van der Waals surface area contributed by atoms with Crippen molar-refractivity contribution < 1.29 is 0 Å². The number of aryl methyl sites for hydroxylation is 1. The maximum atomic E-state index is 4.30. The molecule has 2 fully saturated rings. The highest BCUT2D eigenvalue weighted by molar-refractivity contribution is 4.99. The van der Waals surface area contributed by atoms with Gasteiger partial charge in [0.05, 0.1) is 6.54 Å². The number of tetrazole rings is 1. The minimum atomic E-state index is 0.354. The van der Waals surface area contributed by atoms with Crippen LogP contribution in [0.4, 0.5) is 0 Å². The normalized spacial score (nSPS) is 24.6. The lowest BCUT2D eigenvalue weighted by Gasteiger charge is -2.30. The van der Waals surface area contributed by atoms with Gasteiger partial charge in [-0.15, -0.1) is 10.2 Å². The van der Waals surface area contributed by atoms with E-state index in [1.165, 1.54) is 38.8 Å². The Bertz CT molecular complexity index is 348. The van der Waals surface area contributed by atoms with Crippen molar-refractivity contribution in [1.82, 2.24) is 25.1 Å². The molecule has 3 rings (SSSR count). The zero-order valence-electron chi connectivity index (χ0n) is 9.19. The van der Waals surface area contributed by atoms with E-state index in [1.54, 1.807) is 4.80 Å². The van der Waals surface area contributed by atoms with E-state index in [2.05, 4.69) is 20.3 Å². The van der Waals surface area contributed by atoms with E-state index in [9.17, 15) is 0 Å². The molecule has 1 aromatic rings. The molecule has 2 saturated heterocycles. The average Bonchev–Trinajstić information content (AvgIpc) is 2.81. The fraction of sp³-hybridized carbons (Fsp3) is 0.900. The van der Waals surface area contributed by atoms with Gasteiger partial charge in [-0.25, -0.2) is 0 Å². The molecule has 0 atom stereocenters. The van der Waals surface area contributed by atoms with Gasteiger partial charge in [0.2, 0.25) is 0 Å². The molecule has 2 aliphatic rings. The van der Waals surface area contributed by atoms with Gasteiger partial charge in [-0.2, -0.15) is 4.80 Å². The Hall–Kier alpha value is -0.970. The zero-order chi connectivity index (χ0) is 10.3. The first-order valence-corrected chi connectivity index (χ1v) is 5.78. The number of hydrogen-bond acceptors (Lipinski definition) is 4. The molecule has 0 N–H and O–H groups in total. The lowest BCUT2D eigenvalue weighted by atomic mass is 9.94. The van der Waals surface area contributed by atoms with Crippen LogP contribution in [0.15, 0.2) is 0 Å². The second kappa shape index (κ2) is 3.27. The SMILES string of the molecule is Cc1nnn(CC23CCCN2CCC3)n1. The summed E-state index contributed by atoms with van der Waals surface area (Å²) in [7, 11) is 0. The fourth-order valence-electron chi connectivity index (χ4n) is 3.14. The third kappa shape index (κ3) is 1.45. The van der Waals surface area contributed by atoms with Crippen LogP contribution in [0.25, 0.3) is 0 Å². The highest BCUT2D eigenvalue weighted by Crippen LogP contribution is 2.39. The molecule has 5 heteroatoms. The van der Waals surface area contributed by atoms with Crippen molar-refractivity contribution >= 4 is 0 Å². The van der Waals surface area contributed by atoms with Gasteiger partial charge in [0.15, 0.2) is 5.82 Å². The second-order valence-electron chi connectivity index (χ2n) is 4.79. The third-order valence-corrected chi connectivity index (χ3v) is 3.80. The van der Waals surface area contributed by atoms with Crippen LogP contribution in [0.1, 0.15) is 31.5 Å². The quantitative estimate of drug-likeness (QED) is 0.713. The summed E-state index contributed by atoms with van der Waals surface area (Å²) in [5.74, 6) is 0.772. The van der Waals surface area contributed by atoms with E-state index >= 15 is 0 Å². The first-order chi connectivity index (χ1) is 7.28. The molecule has 15 heavy (non-hydrogen) atoms. The van der Waals surface area contributed by atoms with Crippen LogP contribution in [0.3, 0.4) is 0 Å². The Morgan fingerprint density at radius 3 is 2.60 bits per heavy atom. The van der Waals surface area contributed by atoms with E-state index in [4.69, 9.17) is 0 Å². The van der Waals surface area contributed by atoms with Crippen LogP contribution in [0, 0.1) is 6.92 Å². The highest BCUT2D eigenvalue weighted by atomic mass is 15.6. The maximum absolute atomic E-state index is 4.30. The molecule has 0 amide bonds. The van der Waals surface area contributed by atoms with Crippen LogP contribution in [-0.2, 0) is 6.54 Å². The monoisotopic (exact) mass is 207 g/mol. The first-order valence-electron chi connectivity index (χ1n) is 5.78. The van der Waals surface area contributed by atoms with E-state index in [0.29, 0.717) is 5.54 Å². The molecule has 3 heterocycles. The molecule has 82 valence electrons. The largest absolute Gasteiger partial charge is 0.296 e. The Balaban J connectivity index is 1.81. The van der Waals surface area contributed by atoms with Crippen LogP contribution in [0.5, 0.6) is 0 Å². The summed E-state index contributed by atoms with van der Waals surface area (Å²) in [6.45, 7) is 5.33. The molecule has 0 bridgehead atoms. The number of fused-ring (bicyclic) bond motifs is 1. The molecule has 2 aliphatic heterocycles. The summed E-state index contributed by atoms with van der Waals surface area (Å²) < 4.78 is 0. The van der Waals surface area contributed by atoms with Gasteiger partial charge < -0.3 is 0 Å². The first kappa shape index (κ1) is 9.27. The van der Waals surface area contributed by atoms with Gasteiger partial charge in [-0.1, -0.05) is 0 Å². The highest BCUT2D eigenvalue weighted by Gasteiger charge is 2.44. The predicted octanol–water partition coefficient (Wildman–Crippen LogP) is 0.610. The topological polar surface area (TPSA) is 46.8 Å². The molecule has 0 radical (unpaired) electrons. The molecular weight excluding hydrogens is 190 g/mol. The minimum absolute atomic E-state index is 0.354. The standard InChI is InChI=1S/C10H17N5/c1-9-11-13-15(12-9)8-10-4-2-6-14(10)7-3-5-10/h2-8H2,1H3. The lowest BCUT2D eigenvalue weighted by molar-refractivity contribution is 0.155. The van der Waals surface area contributed by atoms with Gasteiger partial charge in [0, 0.05) is 5.54 Å². The summed E-state index contributed by atoms with van der Waals surface area (Å²) in [5, 5.41) is 12.3. The van der Waals surface area contributed by atoms with E-state index in [-0.39, 0.29) is 0 Å². The van der Waals surface area contributed by atoms with Crippen LogP contribution >= 0.6 is 0 Å². The van der Waals surface area contributed by atoms with Crippen molar-refractivity contribution in [2.24, 2.45) is 0 Å². The van der Waals surface area contributed by atoms with Gasteiger partial charge >= 0.3 is 0 Å². The molecule has 5 nitrogen and oxygen atoms in total. The average molecular weight is 207 g/mol. The molecular formula is C10H17N5. The van der Waals surface area contributed by atoms with Crippen molar-refractivity contribution in [2.75, 3.05) is 13.1 Å². The Morgan fingerprint density at radius 1 is 1.27 bits per heavy atom. The van der Waals surface area contributed by atoms with Crippen LogP contribution < -0.4 is 0 Å². The predicted molar refractivity (Wildman–Crippen MR) is 55.3 cm³/mol. The van der Waals surface area contributed by atoms with Crippen LogP contribution in [0.2, 0.25) is 0 Å². The van der Waals surface area contributed by atoms with Gasteiger partial charge in [0.25, 0.3) is 0 Å². The Kier molecular flexibility index (Phi) is 2.02. The number of rotatable bonds is 2. The number of aromatic nitrogens is 4. The Labute approximate surface area is 89.4 Å². The Morgan fingerprint density at radius 2 is 2.00 bits per heavy atom. The van der Waals surface area contributed by atoms with E-state index in [0.717, 1.165) is 12.4 Å². The molecule has 0 aromatic carbocycles. The van der Waals surface area contributed by atoms with E-state index < -0.39 is 0 Å². The summed E-state index contributed by atoms with van der Waals surface area (Å²) in [6, 6.07) is 0. The van der Waals surface area contributed by atoms with Crippen molar-refractivity contribution in [3.8, 4) is 0 Å².